The summed E-state index contributed by atoms with van der Waals surface area (Å²) in [6.07, 6.45) is 4.41. The third-order valence-corrected chi connectivity index (χ3v) is 5.05. The molecule has 3 rings (SSSR count). The number of halogens is 1. The molecule has 9 heteroatoms. The molecule has 2 aromatic rings. The number of carbonyl (C=O) groups excluding carboxylic acids is 2. The lowest BCUT2D eigenvalue weighted by molar-refractivity contribution is -0.119. The van der Waals surface area contributed by atoms with Gasteiger partial charge in [-0.3, -0.25) is 14.4 Å². The molecule has 8 nitrogen and oxygen atoms in total. The number of hydroxylamine groups is 2. The van der Waals surface area contributed by atoms with Crippen molar-refractivity contribution in [1.82, 2.24) is 14.5 Å². The second-order valence-electron chi connectivity index (χ2n) is 7.21. The van der Waals surface area contributed by atoms with Gasteiger partial charge in [-0.2, -0.15) is 5.06 Å². The minimum Gasteiger partial charge on any atom is -0.445 e. The SMILES string of the molecule is C=CCON(C(=O)Cl)C1C=C(c2ccc(=O)n(C)c2)CN(C(=O)OCc2ccccc2)C1. The van der Waals surface area contributed by atoms with Gasteiger partial charge in [0.25, 0.3) is 0 Å². The number of nitrogens with zero attached hydrogens (tertiary/aromatic N) is 3. The number of rotatable bonds is 7. The highest BCUT2D eigenvalue weighted by atomic mass is 35.5. The largest absolute Gasteiger partial charge is 0.445 e. The van der Waals surface area contributed by atoms with Crippen LogP contribution in [0.3, 0.4) is 0 Å². The zero-order chi connectivity index (χ0) is 23.1. The molecular weight excluding hydrogens is 434 g/mol. The van der Waals surface area contributed by atoms with Gasteiger partial charge in [-0.15, -0.1) is 6.58 Å². The molecule has 2 amide bonds. The standard InChI is InChI=1S/C23H24ClN3O5/c1-3-11-32-27(22(24)29)20-12-19(18-9-10-21(28)25(2)13-18)14-26(15-20)23(30)31-16-17-7-5-4-6-8-17/h3-10,12-13,20H,1,11,14-16H2,2H3. The quantitative estimate of drug-likeness (QED) is 0.275. The van der Waals surface area contributed by atoms with Gasteiger partial charge in [0.2, 0.25) is 5.56 Å². The third kappa shape index (κ3) is 5.87. The molecule has 32 heavy (non-hydrogen) atoms. The fraction of sp³-hybridized carbons (Fsp3) is 0.261. The predicted octanol–water partition coefficient (Wildman–Crippen LogP) is 3.57. The second-order valence-corrected chi connectivity index (χ2v) is 7.53. The summed E-state index contributed by atoms with van der Waals surface area (Å²) in [5, 5.41) is 0.175. The van der Waals surface area contributed by atoms with Crippen molar-refractivity contribution in [3.05, 3.63) is 88.9 Å². The number of aryl methyl sites for hydroxylation is 1. The molecule has 1 aliphatic rings. The monoisotopic (exact) mass is 457 g/mol. The van der Waals surface area contributed by atoms with Gasteiger partial charge in [-0.25, -0.2) is 4.79 Å². The van der Waals surface area contributed by atoms with Gasteiger partial charge < -0.3 is 14.2 Å². The van der Waals surface area contributed by atoms with E-state index in [4.69, 9.17) is 21.2 Å². The summed E-state index contributed by atoms with van der Waals surface area (Å²) >= 11 is 5.74. The third-order valence-electron chi connectivity index (χ3n) is 4.89. The summed E-state index contributed by atoms with van der Waals surface area (Å²) in [5.74, 6) is 0. The van der Waals surface area contributed by atoms with Gasteiger partial charge in [0.15, 0.2) is 0 Å². The number of amides is 2. The molecule has 0 aliphatic carbocycles. The maximum atomic E-state index is 12.8. The molecule has 0 bridgehead atoms. The van der Waals surface area contributed by atoms with Crippen molar-refractivity contribution >= 4 is 28.6 Å². The van der Waals surface area contributed by atoms with Crippen molar-refractivity contribution in [3.8, 4) is 0 Å². The van der Waals surface area contributed by atoms with Crippen molar-refractivity contribution in [3.63, 3.8) is 0 Å². The molecule has 1 atom stereocenters. The van der Waals surface area contributed by atoms with E-state index in [-0.39, 0.29) is 31.9 Å². The predicted molar refractivity (Wildman–Crippen MR) is 121 cm³/mol. The molecule has 0 fully saturated rings. The zero-order valence-electron chi connectivity index (χ0n) is 17.6. The van der Waals surface area contributed by atoms with E-state index in [9.17, 15) is 14.4 Å². The van der Waals surface area contributed by atoms with Crippen molar-refractivity contribution in [2.75, 3.05) is 19.7 Å². The topological polar surface area (TPSA) is 81.1 Å². The Labute approximate surface area is 190 Å². The highest BCUT2D eigenvalue weighted by Crippen LogP contribution is 2.24. The average Bonchev–Trinajstić information content (AvgIpc) is 2.79. The van der Waals surface area contributed by atoms with Gasteiger partial charge in [0.1, 0.15) is 6.61 Å². The number of hydrogen-bond donors (Lipinski definition) is 0. The Morgan fingerprint density at radius 2 is 2.00 bits per heavy atom. The minimum atomic E-state index is -0.826. The first-order valence-electron chi connectivity index (χ1n) is 9.95. The minimum absolute atomic E-state index is 0.0659. The lowest BCUT2D eigenvalue weighted by Gasteiger charge is -2.36. The Hall–Kier alpha value is -3.36. The molecular formula is C23H24ClN3O5. The van der Waals surface area contributed by atoms with Gasteiger partial charge in [0, 0.05) is 25.9 Å². The van der Waals surface area contributed by atoms with Crippen LogP contribution in [0.1, 0.15) is 11.1 Å². The van der Waals surface area contributed by atoms with E-state index >= 15 is 0 Å². The van der Waals surface area contributed by atoms with Crippen LogP contribution in [0.15, 0.2) is 72.2 Å². The van der Waals surface area contributed by atoms with Crippen LogP contribution in [0.2, 0.25) is 0 Å². The van der Waals surface area contributed by atoms with Crippen LogP contribution in [-0.2, 0) is 23.2 Å². The molecule has 0 saturated heterocycles. The van der Waals surface area contributed by atoms with Crippen molar-refractivity contribution in [2.45, 2.75) is 12.6 Å². The van der Waals surface area contributed by atoms with Crippen molar-refractivity contribution in [1.29, 1.82) is 0 Å². The van der Waals surface area contributed by atoms with E-state index < -0.39 is 17.5 Å². The van der Waals surface area contributed by atoms with E-state index in [1.165, 1.54) is 21.6 Å². The molecule has 0 spiro atoms. The van der Waals surface area contributed by atoms with Crippen LogP contribution in [0.25, 0.3) is 5.57 Å². The smallest absolute Gasteiger partial charge is 0.410 e. The van der Waals surface area contributed by atoms with E-state index in [2.05, 4.69) is 6.58 Å². The molecule has 0 radical (unpaired) electrons. The van der Waals surface area contributed by atoms with E-state index in [0.717, 1.165) is 21.8 Å². The van der Waals surface area contributed by atoms with Crippen molar-refractivity contribution < 1.29 is 19.2 Å². The van der Waals surface area contributed by atoms with E-state index in [1.807, 2.05) is 30.3 Å². The Morgan fingerprint density at radius 3 is 2.66 bits per heavy atom. The molecule has 168 valence electrons. The van der Waals surface area contributed by atoms with Crippen LogP contribution in [0.4, 0.5) is 9.59 Å². The number of ether oxygens (including phenoxy) is 1. The molecule has 1 unspecified atom stereocenters. The number of hydrogen-bond acceptors (Lipinski definition) is 5. The Balaban J connectivity index is 1.86. The number of aromatic nitrogens is 1. The molecule has 1 aromatic heterocycles. The average molecular weight is 458 g/mol. The Bertz CT molecular complexity index is 1070. The van der Waals surface area contributed by atoms with E-state index in [1.54, 1.807) is 25.4 Å². The summed E-state index contributed by atoms with van der Waals surface area (Å²) in [7, 11) is 1.64. The van der Waals surface area contributed by atoms with Gasteiger partial charge >= 0.3 is 11.5 Å². The Morgan fingerprint density at radius 1 is 1.25 bits per heavy atom. The summed E-state index contributed by atoms with van der Waals surface area (Å²) in [5.41, 5.74) is 2.14. The molecule has 2 heterocycles. The molecule has 0 N–H and O–H groups in total. The maximum absolute atomic E-state index is 12.8. The first-order valence-corrected chi connectivity index (χ1v) is 10.3. The first kappa shape index (κ1) is 23.3. The fourth-order valence-electron chi connectivity index (χ4n) is 3.31. The van der Waals surface area contributed by atoms with Gasteiger partial charge in [-0.1, -0.05) is 42.5 Å². The number of benzene rings is 1. The van der Waals surface area contributed by atoms with Gasteiger partial charge in [-0.05, 0) is 34.4 Å². The second kappa shape index (κ2) is 10.8. The normalized spacial score (nSPS) is 15.6. The summed E-state index contributed by atoms with van der Waals surface area (Å²) in [4.78, 5) is 43.5. The molecule has 1 aliphatic heterocycles. The summed E-state index contributed by atoms with van der Waals surface area (Å²) < 4.78 is 6.92. The lowest BCUT2D eigenvalue weighted by atomic mass is 10.0. The molecule has 1 aromatic carbocycles. The lowest BCUT2D eigenvalue weighted by Crippen LogP contribution is -2.49. The highest BCUT2D eigenvalue weighted by molar-refractivity contribution is 6.62. The zero-order valence-corrected chi connectivity index (χ0v) is 18.4. The van der Waals surface area contributed by atoms with Crippen molar-refractivity contribution in [2.24, 2.45) is 7.05 Å². The van der Waals surface area contributed by atoms with Crippen LogP contribution >= 0.6 is 11.6 Å². The van der Waals surface area contributed by atoms with Gasteiger partial charge in [0.05, 0.1) is 19.2 Å². The number of pyridine rings is 1. The van der Waals surface area contributed by atoms with Crippen LogP contribution in [0.5, 0.6) is 0 Å². The first-order chi connectivity index (χ1) is 15.4. The Kier molecular flexibility index (Phi) is 7.86. The van der Waals surface area contributed by atoms with Crippen LogP contribution in [0, 0.1) is 0 Å². The highest BCUT2D eigenvalue weighted by Gasteiger charge is 2.32. The van der Waals surface area contributed by atoms with E-state index in [0.29, 0.717) is 0 Å². The number of carbonyl (C=O) groups is 2. The fourth-order valence-corrected chi connectivity index (χ4v) is 3.48. The van der Waals surface area contributed by atoms with Crippen LogP contribution < -0.4 is 5.56 Å². The maximum Gasteiger partial charge on any atom is 0.410 e. The summed E-state index contributed by atoms with van der Waals surface area (Å²) in [6.45, 7) is 4.11. The van der Waals surface area contributed by atoms with Crippen LogP contribution in [-0.4, -0.2) is 51.7 Å². The molecule has 0 saturated carbocycles. The summed E-state index contributed by atoms with van der Waals surface area (Å²) in [6, 6.07) is 11.8.